The quantitative estimate of drug-likeness (QED) is 0.247. The minimum atomic E-state index is -4.73. The van der Waals surface area contributed by atoms with Gasteiger partial charge in [0.1, 0.15) is 22.3 Å². The average molecular weight is 625 g/mol. The smallest absolute Gasteiger partial charge is 0.422 e. The van der Waals surface area contributed by atoms with Gasteiger partial charge >= 0.3 is 12.2 Å². The molecule has 0 saturated carbocycles. The molecule has 0 bridgehead atoms. The molecule has 0 aliphatic rings. The molecule has 0 aliphatic heterocycles. The zero-order chi connectivity index (χ0) is 31.4. The lowest BCUT2D eigenvalue weighted by atomic mass is 10.0. The number of methoxy groups -OCH3 is 1. The predicted molar refractivity (Wildman–Crippen MR) is 144 cm³/mol. The van der Waals surface area contributed by atoms with Crippen LogP contribution in [-0.2, 0) is 10.0 Å². The lowest BCUT2D eigenvalue weighted by molar-refractivity contribution is -0.153. The molecule has 2 N–H and O–H groups in total. The normalized spacial score (nSPS) is 11.5. The third-order valence-corrected chi connectivity index (χ3v) is 6.92. The Hall–Kier alpha value is -5.06. The lowest BCUT2D eigenvalue weighted by Crippen LogP contribution is -2.35. The third-order valence-electron chi connectivity index (χ3n) is 5.61. The number of alkyl halides is 3. The van der Waals surface area contributed by atoms with Crippen molar-refractivity contribution in [2.45, 2.75) is 11.1 Å². The summed E-state index contributed by atoms with van der Waals surface area (Å²) in [7, 11) is -1.66. The van der Waals surface area contributed by atoms with Gasteiger partial charge in [0.25, 0.3) is 10.0 Å². The van der Waals surface area contributed by atoms with Crippen LogP contribution in [0, 0.1) is 11.6 Å². The van der Waals surface area contributed by atoms with Gasteiger partial charge in [0.15, 0.2) is 18.2 Å². The van der Waals surface area contributed by atoms with Crippen molar-refractivity contribution in [2.75, 3.05) is 30.4 Å². The Bertz CT molecular complexity index is 1730. The van der Waals surface area contributed by atoms with Crippen LogP contribution in [0.3, 0.4) is 0 Å². The van der Waals surface area contributed by atoms with Crippen LogP contribution in [0.5, 0.6) is 11.5 Å². The number of pyridine rings is 1. The summed E-state index contributed by atoms with van der Waals surface area (Å²) in [4.78, 5) is 25.1. The van der Waals surface area contributed by atoms with E-state index in [1.807, 2.05) is 0 Å². The predicted octanol–water partition coefficient (Wildman–Crippen LogP) is 5.04. The van der Waals surface area contributed by atoms with E-state index in [4.69, 9.17) is 4.74 Å². The van der Waals surface area contributed by atoms with Gasteiger partial charge in [0.05, 0.1) is 12.8 Å². The number of anilines is 3. The Morgan fingerprint density at radius 3 is 2.30 bits per heavy atom. The fraction of sp³-hybridized carbons (Fsp3) is 0.154. The van der Waals surface area contributed by atoms with Crippen LogP contribution in [0.15, 0.2) is 72.0 Å². The van der Waals surface area contributed by atoms with Crippen LogP contribution in [-0.4, -0.2) is 56.3 Å². The van der Waals surface area contributed by atoms with Gasteiger partial charge in [-0.05, 0) is 42.0 Å². The second-order valence-electron chi connectivity index (χ2n) is 8.47. The zero-order valence-corrected chi connectivity index (χ0v) is 23.0. The number of sulfonamides is 1. The minimum absolute atomic E-state index is 0.0463. The third kappa shape index (κ3) is 7.24. The molecular formula is C26H21F5N6O5S. The van der Waals surface area contributed by atoms with Crippen molar-refractivity contribution >= 4 is 33.5 Å². The standard InChI is InChI=1S/C26H21F5N6O5S/c1-32-25(38)37(23-7-5-16(13-35-23)43(39,40)36-24-33-8-3-9-34-24)20-12-19(28)17(11-22(20)41-2)15-4-6-18(27)21(10-15)42-14-26(29,30)31/h3-13H,14H2,1-2H3,(H,32,38)(H,33,34,36). The molecule has 11 nitrogen and oxygen atoms in total. The van der Waals surface area contributed by atoms with Gasteiger partial charge in [-0.2, -0.15) is 13.2 Å². The highest BCUT2D eigenvalue weighted by Crippen LogP contribution is 2.39. The summed E-state index contributed by atoms with van der Waals surface area (Å²) >= 11 is 0. The first-order valence-electron chi connectivity index (χ1n) is 12.0. The molecule has 2 aromatic heterocycles. The van der Waals surface area contributed by atoms with E-state index in [1.54, 1.807) is 0 Å². The molecule has 0 radical (unpaired) electrons. The van der Waals surface area contributed by atoms with E-state index >= 15 is 4.39 Å². The van der Waals surface area contributed by atoms with E-state index in [1.165, 1.54) is 38.7 Å². The van der Waals surface area contributed by atoms with Gasteiger partial charge in [-0.1, -0.05) is 6.07 Å². The zero-order valence-electron chi connectivity index (χ0n) is 22.2. The van der Waals surface area contributed by atoms with Crippen LogP contribution < -0.4 is 24.4 Å². The van der Waals surface area contributed by atoms with Gasteiger partial charge in [-0.3, -0.25) is 0 Å². The molecule has 0 spiro atoms. The van der Waals surface area contributed by atoms with Crippen molar-refractivity contribution in [3.8, 4) is 22.6 Å². The maximum absolute atomic E-state index is 15.5. The number of nitrogens with one attached hydrogen (secondary N) is 2. The summed E-state index contributed by atoms with van der Waals surface area (Å²) in [5.74, 6) is -3.22. The van der Waals surface area contributed by atoms with Crippen LogP contribution in [0.4, 0.5) is 44.2 Å². The number of nitrogens with zero attached hydrogens (tertiary/aromatic N) is 4. The Labute approximate surface area is 241 Å². The Morgan fingerprint density at radius 2 is 1.70 bits per heavy atom. The second-order valence-corrected chi connectivity index (χ2v) is 10.2. The topological polar surface area (TPSA) is 136 Å². The first-order valence-corrected chi connectivity index (χ1v) is 13.5. The number of amides is 2. The average Bonchev–Trinajstić information content (AvgIpc) is 2.97. The van der Waals surface area contributed by atoms with Crippen molar-refractivity contribution in [3.63, 3.8) is 0 Å². The van der Waals surface area contributed by atoms with E-state index in [0.717, 1.165) is 47.5 Å². The largest absolute Gasteiger partial charge is 0.495 e. The molecule has 4 rings (SSSR count). The monoisotopic (exact) mass is 624 g/mol. The highest BCUT2D eigenvalue weighted by molar-refractivity contribution is 7.92. The van der Waals surface area contributed by atoms with E-state index < -0.39 is 46.2 Å². The number of hydrogen-bond acceptors (Lipinski definition) is 8. The highest BCUT2D eigenvalue weighted by Gasteiger charge is 2.29. The molecule has 2 aromatic carbocycles. The number of carbonyl (C=O) groups excluding carboxylic acids is 1. The van der Waals surface area contributed by atoms with Crippen molar-refractivity contribution in [1.82, 2.24) is 20.3 Å². The number of rotatable bonds is 9. The summed E-state index contributed by atoms with van der Waals surface area (Å²) in [6.07, 6.45) is -1.11. The molecule has 17 heteroatoms. The van der Waals surface area contributed by atoms with E-state index in [-0.39, 0.29) is 39.2 Å². The van der Waals surface area contributed by atoms with Gasteiger partial charge in [0, 0.05) is 37.3 Å². The Balaban J connectivity index is 1.71. The molecule has 2 amide bonds. The molecule has 0 fully saturated rings. The molecule has 0 atom stereocenters. The minimum Gasteiger partial charge on any atom is -0.495 e. The molecule has 43 heavy (non-hydrogen) atoms. The number of halogens is 5. The molecule has 0 aliphatic carbocycles. The molecule has 2 heterocycles. The SMILES string of the molecule is CNC(=O)N(c1ccc(S(=O)(=O)Nc2ncccn2)cn1)c1cc(F)c(-c2ccc(F)c(OCC(F)(F)F)c2)cc1OC. The number of benzene rings is 2. The van der Waals surface area contributed by atoms with Crippen molar-refractivity contribution < 1.29 is 44.6 Å². The maximum Gasteiger partial charge on any atom is 0.422 e. The first-order chi connectivity index (χ1) is 20.3. The summed E-state index contributed by atoms with van der Waals surface area (Å²) in [6.45, 7) is -1.76. The maximum atomic E-state index is 15.5. The summed E-state index contributed by atoms with van der Waals surface area (Å²) in [5.41, 5.74) is -0.425. The van der Waals surface area contributed by atoms with Gasteiger partial charge < -0.3 is 14.8 Å². The Kier molecular flexibility index (Phi) is 8.93. The first kappa shape index (κ1) is 30.9. The second kappa shape index (κ2) is 12.4. The van der Waals surface area contributed by atoms with Crippen molar-refractivity contribution in [1.29, 1.82) is 0 Å². The summed E-state index contributed by atoms with van der Waals surface area (Å²) in [6, 6.07) is 7.88. The van der Waals surface area contributed by atoms with Gasteiger partial charge in [0.2, 0.25) is 5.95 Å². The fourth-order valence-corrected chi connectivity index (χ4v) is 4.59. The van der Waals surface area contributed by atoms with Crippen LogP contribution >= 0.6 is 0 Å². The number of ether oxygens (including phenoxy) is 2. The lowest BCUT2D eigenvalue weighted by Gasteiger charge is -2.24. The number of urea groups is 1. The van der Waals surface area contributed by atoms with Crippen molar-refractivity contribution in [2.24, 2.45) is 0 Å². The molecule has 0 unspecified atom stereocenters. The van der Waals surface area contributed by atoms with Crippen LogP contribution in [0.25, 0.3) is 11.1 Å². The molecule has 4 aromatic rings. The van der Waals surface area contributed by atoms with E-state index in [0.29, 0.717) is 0 Å². The number of aromatic nitrogens is 3. The number of hydrogen-bond donors (Lipinski definition) is 2. The Morgan fingerprint density at radius 1 is 0.977 bits per heavy atom. The van der Waals surface area contributed by atoms with Gasteiger partial charge in [-0.15, -0.1) is 0 Å². The fourth-order valence-electron chi connectivity index (χ4n) is 3.69. The van der Waals surface area contributed by atoms with E-state index in [9.17, 15) is 30.8 Å². The molecular weight excluding hydrogens is 603 g/mol. The summed E-state index contributed by atoms with van der Waals surface area (Å²) in [5, 5.41) is 2.37. The van der Waals surface area contributed by atoms with E-state index in [2.05, 4.69) is 29.7 Å². The van der Waals surface area contributed by atoms with Crippen molar-refractivity contribution in [3.05, 3.63) is 78.8 Å². The van der Waals surface area contributed by atoms with Crippen LogP contribution in [0.2, 0.25) is 0 Å². The summed E-state index contributed by atoms with van der Waals surface area (Å²) < 4.78 is 105. The molecule has 0 saturated heterocycles. The number of carbonyl (C=O) groups is 1. The highest BCUT2D eigenvalue weighted by atomic mass is 32.2. The molecule has 226 valence electrons. The van der Waals surface area contributed by atoms with Crippen LogP contribution in [0.1, 0.15) is 0 Å². The van der Waals surface area contributed by atoms with Gasteiger partial charge in [-0.25, -0.2) is 46.6 Å².